The average molecular weight is 510 g/mol. The van der Waals surface area contributed by atoms with Crippen LogP contribution in [-0.4, -0.2) is 47.2 Å². The van der Waals surface area contributed by atoms with Crippen LogP contribution in [0.25, 0.3) is 23.1 Å². The third kappa shape index (κ3) is 6.07. The molecule has 186 valence electrons. The molecule has 4 rings (SSSR count). The number of ketones is 1. The summed E-state index contributed by atoms with van der Waals surface area (Å²) in [4.78, 5) is 30.6. The van der Waals surface area contributed by atoms with Gasteiger partial charge in [0.2, 0.25) is 5.91 Å². The molecule has 1 amide bonds. The zero-order valence-corrected chi connectivity index (χ0v) is 20.6. The van der Waals surface area contributed by atoms with Crippen LogP contribution in [0.3, 0.4) is 0 Å². The van der Waals surface area contributed by atoms with Gasteiger partial charge in [-0.25, -0.2) is 8.78 Å². The van der Waals surface area contributed by atoms with Crippen molar-refractivity contribution in [1.29, 1.82) is 5.26 Å². The van der Waals surface area contributed by atoms with Crippen molar-refractivity contribution in [3.8, 4) is 11.8 Å². The Morgan fingerprint density at radius 3 is 2.53 bits per heavy atom. The summed E-state index contributed by atoms with van der Waals surface area (Å²) in [5.74, 6) is -3.23. The maximum atomic E-state index is 13.6. The second kappa shape index (κ2) is 11.3. The highest BCUT2D eigenvalue weighted by molar-refractivity contribution is 7.59. The molecule has 6 nitrogen and oxygen atoms in total. The molecule has 1 atom stereocenters. The van der Waals surface area contributed by atoms with Crippen molar-refractivity contribution >= 4 is 48.2 Å². The number of aromatic nitrogens is 1. The average Bonchev–Trinajstić information content (AvgIpc) is 3.20. The smallest absolute Gasteiger partial charge is 0.268 e. The first-order valence-corrected chi connectivity index (χ1v) is 11.1. The number of fused-ring (bicyclic) bond motifs is 1. The number of benzene rings is 2. The highest BCUT2D eigenvalue weighted by Crippen LogP contribution is 2.32. The third-order valence-electron chi connectivity index (χ3n) is 5.96. The van der Waals surface area contributed by atoms with Crippen molar-refractivity contribution in [2.45, 2.75) is 31.2 Å². The molecule has 0 unspecified atom stereocenters. The Morgan fingerprint density at radius 1 is 1.14 bits per heavy atom. The molecule has 1 aliphatic rings. The Balaban J connectivity index is 0.00000361. The molecular weight excluding hydrogens is 484 g/mol. The molecule has 3 aromatic rings. The number of halogens is 2. The number of hydrogen-bond donors (Lipinski definition) is 0. The summed E-state index contributed by atoms with van der Waals surface area (Å²) in [6.07, 6.45) is 4.32. The fourth-order valence-electron chi connectivity index (χ4n) is 4.11. The van der Waals surface area contributed by atoms with Crippen LogP contribution in [0.5, 0.6) is 5.75 Å². The van der Waals surface area contributed by atoms with Gasteiger partial charge in [0.1, 0.15) is 11.8 Å². The first-order valence-electron chi connectivity index (χ1n) is 11.1. The van der Waals surface area contributed by atoms with Crippen LogP contribution in [0.2, 0.25) is 0 Å². The third-order valence-corrected chi connectivity index (χ3v) is 5.96. The number of alkyl halides is 2. The van der Waals surface area contributed by atoms with Crippen LogP contribution in [0.1, 0.15) is 40.7 Å². The summed E-state index contributed by atoms with van der Waals surface area (Å²) >= 11 is 0. The summed E-state index contributed by atoms with van der Waals surface area (Å²) in [7, 11) is 1.61. The quantitative estimate of drug-likeness (QED) is 0.321. The summed E-state index contributed by atoms with van der Waals surface area (Å²) in [6, 6.07) is 15.3. The molecule has 36 heavy (non-hydrogen) atoms. The summed E-state index contributed by atoms with van der Waals surface area (Å²) in [5.41, 5.74) is 2.89. The lowest BCUT2D eigenvalue weighted by Gasteiger charge is -2.18. The lowest BCUT2D eigenvalue weighted by Crippen LogP contribution is -2.36. The van der Waals surface area contributed by atoms with Crippen molar-refractivity contribution in [3.05, 3.63) is 71.4 Å². The van der Waals surface area contributed by atoms with Gasteiger partial charge in [0.25, 0.3) is 5.92 Å². The Morgan fingerprint density at radius 2 is 1.83 bits per heavy atom. The molecule has 1 aromatic heterocycles. The summed E-state index contributed by atoms with van der Waals surface area (Å²) in [5, 5.41) is 9.74. The maximum absolute atomic E-state index is 13.6. The lowest BCUT2D eigenvalue weighted by atomic mass is 10.00. The normalized spacial score (nSPS) is 16.5. The first kappa shape index (κ1) is 26.8. The van der Waals surface area contributed by atoms with Crippen LogP contribution in [0.15, 0.2) is 54.7 Å². The number of nitrogens with zero attached hydrogens (tertiary/aromatic N) is 3. The minimum Gasteiger partial charge on any atom is -0.497 e. The zero-order valence-electron chi connectivity index (χ0n) is 19.6. The summed E-state index contributed by atoms with van der Waals surface area (Å²) in [6.45, 7) is -0.791. The number of methoxy groups -OCH3 is 1. The number of carbonyl (C=O) groups is 2. The van der Waals surface area contributed by atoms with Gasteiger partial charge >= 0.3 is 0 Å². The molecule has 2 heterocycles. The molecule has 0 spiro atoms. The van der Waals surface area contributed by atoms with E-state index in [4.69, 9.17) is 10.00 Å². The van der Waals surface area contributed by atoms with E-state index in [9.17, 15) is 18.4 Å². The molecule has 0 radical (unpaired) electrons. The van der Waals surface area contributed by atoms with Gasteiger partial charge in [-0.05, 0) is 41.5 Å². The Hall–Kier alpha value is -3.77. The fraction of sp³-hybridized carbons (Fsp3) is 0.259. The second-order valence-corrected chi connectivity index (χ2v) is 8.39. The van der Waals surface area contributed by atoms with Crippen molar-refractivity contribution in [3.63, 3.8) is 0 Å². The molecule has 1 aliphatic heterocycles. The molecular formula is C27H25F2N3O3S. The van der Waals surface area contributed by atoms with Crippen molar-refractivity contribution in [2.24, 2.45) is 0 Å². The van der Waals surface area contributed by atoms with Crippen LogP contribution in [0.4, 0.5) is 8.78 Å². The molecule has 0 saturated carbocycles. The SMILES string of the molecule is COc1ccc(/C=C/c2ccc3nccc(C(=O)CCC(=O)N4CC(F)(F)C[C@H]4C#N)c3c2)cc1.S. The number of carbonyl (C=O) groups excluding carboxylic acids is 2. The Bertz CT molecular complexity index is 1340. The van der Waals surface area contributed by atoms with Crippen molar-refractivity contribution < 1.29 is 23.1 Å². The van der Waals surface area contributed by atoms with E-state index in [0.717, 1.165) is 21.8 Å². The topological polar surface area (TPSA) is 83.3 Å². The molecule has 1 saturated heterocycles. The molecule has 1 fully saturated rings. The van der Waals surface area contributed by atoms with E-state index in [2.05, 4.69) is 4.98 Å². The minimum atomic E-state index is -3.09. The number of likely N-dealkylation sites (tertiary alicyclic amines) is 1. The van der Waals surface area contributed by atoms with Gasteiger partial charge in [0.15, 0.2) is 5.78 Å². The predicted octanol–water partition coefficient (Wildman–Crippen LogP) is 5.25. The van der Waals surface area contributed by atoms with E-state index in [1.165, 1.54) is 6.20 Å². The van der Waals surface area contributed by atoms with Gasteiger partial charge in [-0.2, -0.15) is 18.8 Å². The number of nitriles is 1. The largest absolute Gasteiger partial charge is 0.497 e. The van der Waals surface area contributed by atoms with E-state index in [1.54, 1.807) is 19.2 Å². The van der Waals surface area contributed by atoms with Gasteiger partial charge in [0, 0.05) is 36.4 Å². The number of ether oxygens (including phenoxy) is 1. The Kier molecular flexibility index (Phi) is 8.43. The first-order chi connectivity index (χ1) is 16.8. The summed E-state index contributed by atoms with van der Waals surface area (Å²) < 4.78 is 32.5. The van der Waals surface area contributed by atoms with E-state index in [0.29, 0.717) is 16.5 Å². The van der Waals surface area contributed by atoms with Gasteiger partial charge < -0.3 is 9.64 Å². The molecule has 0 bridgehead atoms. The highest BCUT2D eigenvalue weighted by atomic mass is 32.1. The molecule has 0 aliphatic carbocycles. The van der Waals surface area contributed by atoms with E-state index in [1.807, 2.05) is 54.6 Å². The van der Waals surface area contributed by atoms with Gasteiger partial charge in [0.05, 0.1) is 25.2 Å². The van der Waals surface area contributed by atoms with Crippen LogP contribution in [0, 0.1) is 11.3 Å². The fourth-order valence-corrected chi connectivity index (χ4v) is 4.11. The van der Waals surface area contributed by atoms with Crippen LogP contribution in [-0.2, 0) is 4.79 Å². The monoisotopic (exact) mass is 509 g/mol. The predicted molar refractivity (Wildman–Crippen MR) is 138 cm³/mol. The number of pyridine rings is 1. The number of amides is 1. The van der Waals surface area contributed by atoms with Gasteiger partial charge in [-0.1, -0.05) is 30.4 Å². The Labute approximate surface area is 214 Å². The van der Waals surface area contributed by atoms with Gasteiger partial charge in [-0.15, -0.1) is 0 Å². The van der Waals surface area contributed by atoms with Gasteiger partial charge in [-0.3, -0.25) is 14.6 Å². The van der Waals surface area contributed by atoms with Crippen LogP contribution < -0.4 is 4.74 Å². The number of hydrogen-bond acceptors (Lipinski definition) is 5. The van der Waals surface area contributed by atoms with E-state index in [-0.39, 0.29) is 32.1 Å². The highest BCUT2D eigenvalue weighted by Gasteiger charge is 2.47. The lowest BCUT2D eigenvalue weighted by molar-refractivity contribution is -0.132. The van der Waals surface area contributed by atoms with Crippen LogP contribution >= 0.6 is 13.5 Å². The standard InChI is InChI=1S/C27H23F2N3O3.H2S/c1-35-21-7-4-18(5-8-21)2-3-19-6-9-24-23(14-19)22(12-13-31-24)25(33)10-11-26(34)32-17-27(28,29)15-20(32)16-30;/h2-9,12-14,20H,10-11,15,17H2,1H3;1H2/b3-2+;/t20-;/m0./s1. The van der Waals surface area contributed by atoms with Crippen molar-refractivity contribution in [2.75, 3.05) is 13.7 Å². The zero-order chi connectivity index (χ0) is 25.0. The maximum Gasteiger partial charge on any atom is 0.268 e. The minimum absolute atomic E-state index is 0. The molecule has 0 N–H and O–H groups in total. The molecule has 9 heteroatoms. The second-order valence-electron chi connectivity index (χ2n) is 8.39. The van der Waals surface area contributed by atoms with E-state index >= 15 is 0 Å². The van der Waals surface area contributed by atoms with Crippen molar-refractivity contribution in [1.82, 2.24) is 9.88 Å². The van der Waals surface area contributed by atoms with E-state index < -0.39 is 30.8 Å². The number of Topliss-reactive ketones (excluding diaryl/α,β-unsaturated/α-hetero) is 1. The number of rotatable bonds is 7. The molecule has 2 aromatic carbocycles.